The fourth-order valence-corrected chi connectivity index (χ4v) is 2.32. The van der Waals surface area contributed by atoms with Crippen LogP contribution < -0.4 is 15.4 Å². The lowest BCUT2D eigenvalue weighted by atomic mass is 9.96. The molecule has 5 heteroatoms. The van der Waals surface area contributed by atoms with Crippen LogP contribution in [0, 0.1) is 11.7 Å². The average molecular weight is 252 g/mol. The molecular formula is C13H17FN2O2. The molecule has 2 N–H and O–H groups in total. The van der Waals surface area contributed by atoms with Gasteiger partial charge in [0.25, 0.3) is 0 Å². The number of nitrogens with zero attached hydrogens (tertiary/aromatic N) is 1. The Hall–Kier alpha value is -1.78. The van der Waals surface area contributed by atoms with E-state index in [2.05, 4.69) is 4.90 Å². The van der Waals surface area contributed by atoms with Crippen molar-refractivity contribution < 1.29 is 13.9 Å². The van der Waals surface area contributed by atoms with Gasteiger partial charge in [-0.25, -0.2) is 4.39 Å². The van der Waals surface area contributed by atoms with Crippen molar-refractivity contribution in [1.82, 2.24) is 0 Å². The van der Waals surface area contributed by atoms with Crippen LogP contribution in [0.1, 0.15) is 12.8 Å². The Bertz CT molecular complexity index is 443. The zero-order valence-corrected chi connectivity index (χ0v) is 10.4. The van der Waals surface area contributed by atoms with Crippen molar-refractivity contribution >= 4 is 11.6 Å². The third-order valence-electron chi connectivity index (χ3n) is 3.38. The zero-order chi connectivity index (χ0) is 13.1. The number of hydrogen-bond acceptors (Lipinski definition) is 3. The summed E-state index contributed by atoms with van der Waals surface area (Å²) in [5.74, 6) is -0.0800. The Kier molecular flexibility index (Phi) is 3.69. The molecule has 0 radical (unpaired) electrons. The summed E-state index contributed by atoms with van der Waals surface area (Å²) >= 11 is 0. The molecule has 4 nitrogen and oxygen atoms in total. The number of piperidine rings is 1. The van der Waals surface area contributed by atoms with Crippen LogP contribution in [-0.2, 0) is 4.79 Å². The van der Waals surface area contributed by atoms with Gasteiger partial charge in [0.05, 0.1) is 12.8 Å². The first-order chi connectivity index (χ1) is 8.61. The second-order valence-electron chi connectivity index (χ2n) is 4.48. The van der Waals surface area contributed by atoms with Crippen LogP contribution >= 0.6 is 0 Å². The molecule has 1 amide bonds. The molecule has 98 valence electrons. The number of hydrogen-bond donors (Lipinski definition) is 1. The lowest BCUT2D eigenvalue weighted by Gasteiger charge is -2.33. The minimum Gasteiger partial charge on any atom is -0.494 e. The van der Waals surface area contributed by atoms with Gasteiger partial charge in [-0.05, 0) is 25.0 Å². The molecule has 0 aromatic heterocycles. The summed E-state index contributed by atoms with van der Waals surface area (Å²) in [6.45, 7) is 1.46. The number of anilines is 1. The highest BCUT2D eigenvalue weighted by Gasteiger charge is 2.24. The summed E-state index contributed by atoms with van der Waals surface area (Å²) in [6.07, 6.45) is 1.46. The standard InChI is InChI=1S/C13H17FN2O2/c1-18-12-8-10(14)2-3-11(12)16-6-4-9(5-7-16)13(15)17/h2-3,8-9H,4-7H2,1H3,(H2,15,17). The number of nitrogens with two attached hydrogens (primary N) is 1. The van der Waals surface area contributed by atoms with Gasteiger partial charge in [-0.1, -0.05) is 0 Å². The first-order valence-corrected chi connectivity index (χ1v) is 5.99. The number of rotatable bonds is 3. The lowest BCUT2D eigenvalue weighted by Crippen LogP contribution is -2.38. The monoisotopic (exact) mass is 252 g/mol. The first kappa shape index (κ1) is 12.7. The number of halogens is 1. The molecule has 1 aliphatic heterocycles. The minimum atomic E-state index is -0.317. The molecule has 0 atom stereocenters. The molecule has 0 spiro atoms. The highest BCUT2D eigenvalue weighted by atomic mass is 19.1. The van der Waals surface area contributed by atoms with Crippen LogP contribution in [0.5, 0.6) is 5.75 Å². The second kappa shape index (κ2) is 5.25. The number of amides is 1. The molecule has 1 heterocycles. The van der Waals surface area contributed by atoms with Gasteiger partial charge in [0.2, 0.25) is 5.91 Å². The topological polar surface area (TPSA) is 55.6 Å². The van der Waals surface area contributed by atoms with Crippen LogP contribution in [-0.4, -0.2) is 26.1 Å². The number of carbonyl (C=O) groups excluding carboxylic acids is 1. The Morgan fingerprint density at radius 3 is 2.67 bits per heavy atom. The molecule has 18 heavy (non-hydrogen) atoms. The Morgan fingerprint density at radius 2 is 2.11 bits per heavy atom. The summed E-state index contributed by atoms with van der Waals surface area (Å²) < 4.78 is 18.3. The molecule has 0 unspecified atom stereocenters. The number of ether oxygens (including phenoxy) is 1. The molecule has 0 saturated carbocycles. The normalized spacial score (nSPS) is 16.7. The molecule has 1 aliphatic rings. The van der Waals surface area contributed by atoms with Gasteiger partial charge in [-0.2, -0.15) is 0 Å². The van der Waals surface area contributed by atoms with Crippen LogP contribution in [0.4, 0.5) is 10.1 Å². The van der Waals surface area contributed by atoms with Crippen molar-refractivity contribution in [1.29, 1.82) is 0 Å². The van der Waals surface area contributed by atoms with Gasteiger partial charge >= 0.3 is 0 Å². The van der Waals surface area contributed by atoms with Gasteiger partial charge in [0.1, 0.15) is 11.6 Å². The number of primary amides is 1. The molecule has 1 fully saturated rings. The van der Waals surface area contributed by atoms with Crippen molar-refractivity contribution in [3.63, 3.8) is 0 Å². The molecule has 1 aromatic rings. The van der Waals surface area contributed by atoms with E-state index < -0.39 is 0 Å². The molecule has 1 saturated heterocycles. The fourth-order valence-electron chi connectivity index (χ4n) is 2.32. The minimum absolute atomic E-state index is 0.0484. The van der Waals surface area contributed by atoms with Crippen LogP contribution in [0.15, 0.2) is 18.2 Å². The maximum absolute atomic E-state index is 13.1. The summed E-state index contributed by atoms with van der Waals surface area (Å²) in [5.41, 5.74) is 6.16. The second-order valence-corrected chi connectivity index (χ2v) is 4.48. The van der Waals surface area contributed by atoms with Gasteiger partial charge in [-0.15, -0.1) is 0 Å². The van der Waals surface area contributed by atoms with Gasteiger partial charge < -0.3 is 15.4 Å². The zero-order valence-electron chi connectivity index (χ0n) is 10.4. The molecular weight excluding hydrogens is 235 g/mol. The number of benzene rings is 1. The van der Waals surface area contributed by atoms with E-state index >= 15 is 0 Å². The van der Waals surface area contributed by atoms with Crippen LogP contribution in [0.25, 0.3) is 0 Å². The maximum Gasteiger partial charge on any atom is 0.220 e. The van der Waals surface area contributed by atoms with E-state index in [0.717, 1.165) is 31.6 Å². The summed E-state index contributed by atoms with van der Waals surface area (Å²) in [4.78, 5) is 13.2. The van der Waals surface area contributed by atoms with Crippen molar-refractivity contribution in [3.05, 3.63) is 24.0 Å². The van der Waals surface area contributed by atoms with E-state index in [9.17, 15) is 9.18 Å². The SMILES string of the molecule is COc1cc(F)ccc1N1CCC(C(N)=O)CC1. The quantitative estimate of drug-likeness (QED) is 0.887. The van der Waals surface area contributed by atoms with Gasteiger partial charge in [0, 0.05) is 25.1 Å². The average Bonchev–Trinajstić information content (AvgIpc) is 2.38. The van der Waals surface area contributed by atoms with Crippen molar-refractivity contribution in [3.8, 4) is 5.75 Å². The maximum atomic E-state index is 13.1. The molecule has 2 rings (SSSR count). The van der Waals surface area contributed by atoms with E-state index in [-0.39, 0.29) is 17.6 Å². The smallest absolute Gasteiger partial charge is 0.220 e. The third kappa shape index (κ3) is 2.55. The predicted octanol–water partition coefficient (Wildman–Crippen LogP) is 1.54. The van der Waals surface area contributed by atoms with E-state index in [1.165, 1.54) is 19.2 Å². The van der Waals surface area contributed by atoms with Crippen LogP contribution in [0.3, 0.4) is 0 Å². The summed E-state index contributed by atoms with van der Waals surface area (Å²) in [5, 5.41) is 0. The summed E-state index contributed by atoms with van der Waals surface area (Å²) in [6, 6.07) is 4.49. The van der Waals surface area contributed by atoms with E-state index in [1.54, 1.807) is 6.07 Å². The Labute approximate surface area is 106 Å². The summed E-state index contributed by atoms with van der Waals surface area (Å²) in [7, 11) is 1.52. The van der Waals surface area contributed by atoms with Crippen LogP contribution in [0.2, 0.25) is 0 Å². The van der Waals surface area contributed by atoms with Crippen molar-refractivity contribution in [2.75, 3.05) is 25.1 Å². The Morgan fingerprint density at radius 1 is 1.44 bits per heavy atom. The largest absolute Gasteiger partial charge is 0.494 e. The fraction of sp³-hybridized carbons (Fsp3) is 0.462. The number of methoxy groups -OCH3 is 1. The van der Waals surface area contributed by atoms with E-state index in [1.807, 2.05) is 0 Å². The molecule has 0 aliphatic carbocycles. The predicted molar refractivity (Wildman–Crippen MR) is 67.1 cm³/mol. The third-order valence-corrected chi connectivity index (χ3v) is 3.38. The van der Waals surface area contributed by atoms with Crippen molar-refractivity contribution in [2.45, 2.75) is 12.8 Å². The van der Waals surface area contributed by atoms with Gasteiger partial charge in [0.15, 0.2) is 0 Å². The lowest BCUT2D eigenvalue weighted by molar-refractivity contribution is -0.122. The van der Waals surface area contributed by atoms with Gasteiger partial charge in [-0.3, -0.25) is 4.79 Å². The molecule has 0 bridgehead atoms. The first-order valence-electron chi connectivity index (χ1n) is 5.99. The van der Waals surface area contributed by atoms with Crippen molar-refractivity contribution in [2.24, 2.45) is 11.7 Å². The van der Waals surface area contributed by atoms with E-state index in [0.29, 0.717) is 5.75 Å². The highest BCUT2D eigenvalue weighted by molar-refractivity contribution is 5.77. The number of carbonyl (C=O) groups is 1. The highest BCUT2D eigenvalue weighted by Crippen LogP contribution is 2.31. The molecule has 1 aromatic carbocycles. The van der Waals surface area contributed by atoms with E-state index in [4.69, 9.17) is 10.5 Å². The Balaban J connectivity index is 2.12.